The van der Waals surface area contributed by atoms with Gasteiger partial charge in [-0.25, -0.2) is 4.39 Å². The van der Waals surface area contributed by atoms with Crippen molar-refractivity contribution in [1.29, 1.82) is 0 Å². The highest BCUT2D eigenvalue weighted by atomic mass is 19.1. The van der Waals surface area contributed by atoms with Gasteiger partial charge in [0, 0.05) is 12.0 Å². The number of ether oxygens (including phenoxy) is 1. The van der Waals surface area contributed by atoms with Crippen molar-refractivity contribution in [3.05, 3.63) is 23.8 Å². The number of halogens is 1. The molecule has 1 aromatic rings. The lowest BCUT2D eigenvalue weighted by Gasteiger charge is -2.02. The molecule has 1 fully saturated rings. The number of nitrogens with zero attached hydrogens (tertiary/aromatic N) is 1. The minimum absolute atomic E-state index is 0.242. The predicted molar refractivity (Wildman–Crippen MR) is 47.3 cm³/mol. The largest absolute Gasteiger partial charge is 0.495 e. The summed E-state index contributed by atoms with van der Waals surface area (Å²) in [6.45, 7) is 2.11. The Hall–Kier alpha value is -1.12. The van der Waals surface area contributed by atoms with Gasteiger partial charge in [-0.05, 0) is 12.3 Å². The summed E-state index contributed by atoms with van der Waals surface area (Å²) >= 11 is 0. The van der Waals surface area contributed by atoms with Gasteiger partial charge in [-0.1, -0.05) is 6.92 Å². The molecule has 2 unspecified atom stereocenters. The van der Waals surface area contributed by atoms with E-state index in [-0.39, 0.29) is 5.82 Å². The SMILES string of the molecule is COc1cnc(C2CC2C)c(F)c1. The van der Waals surface area contributed by atoms with Gasteiger partial charge in [0.2, 0.25) is 0 Å². The van der Waals surface area contributed by atoms with Crippen LogP contribution in [0.3, 0.4) is 0 Å². The van der Waals surface area contributed by atoms with Crippen LogP contribution in [0.4, 0.5) is 4.39 Å². The molecule has 2 rings (SSSR count). The van der Waals surface area contributed by atoms with E-state index in [2.05, 4.69) is 11.9 Å². The van der Waals surface area contributed by atoms with E-state index in [0.29, 0.717) is 23.3 Å². The van der Waals surface area contributed by atoms with Crippen molar-refractivity contribution in [2.24, 2.45) is 5.92 Å². The topological polar surface area (TPSA) is 22.1 Å². The first-order chi connectivity index (χ1) is 6.22. The van der Waals surface area contributed by atoms with Crippen LogP contribution in [0.2, 0.25) is 0 Å². The predicted octanol–water partition coefficient (Wildman–Crippen LogP) is 2.35. The fourth-order valence-electron chi connectivity index (χ4n) is 1.52. The van der Waals surface area contributed by atoms with Gasteiger partial charge in [-0.3, -0.25) is 4.98 Å². The zero-order valence-electron chi connectivity index (χ0n) is 7.75. The Kier molecular flexibility index (Phi) is 1.94. The molecule has 3 heteroatoms. The molecule has 0 saturated heterocycles. The van der Waals surface area contributed by atoms with Gasteiger partial charge >= 0.3 is 0 Å². The van der Waals surface area contributed by atoms with Crippen LogP contribution in [-0.2, 0) is 0 Å². The Morgan fingerprint density at radius 2 is 2.31 bits per heavy atom. The number of aromatic nitrogens is 1. The molecule has 1 aliphatic carbocycles. The quantitative estimate of drug-likeness (QED) is 0.698. The maximum Gasteiger partial charge on any atom is 0.148 e. The van der Waals surface area contributed by atoms with Crippen molar-refractivity contribution < 1.29 is 9.13 Å². The van der Waals surface area contributed by atoms with Crippen LogP contribution in [0, 0.1) is 11.7 Å². The third kappa shape index (κ3) is 1.50. The summed E-state index contributed by atoms with van der Waals surface area (Å²) in [5, 5.41) is 0. The third-order valence-corrected chi connectivity index (χ3v) is 2.54. The first-order valence-corrected chi connectivity index (χ1v) is 4.42. The molecule has 1 saturated carbocycles. The number of hydrogen-bond acceptors (Lipinski definition) is 2. The van der Waals surface area contributed by atoms with E-state index in [0.717, 1.165) is 6.42 Å². The van der Waals surface area contributed by atoms with E-state index in [1.165, 1.54) is 13.2 Å². The fourth-order valence-corrected chi connectivity index (χ4v) is 1.52. The summed E-state index contributed by atoms with van der Waals surface area (Å²) in [4.78, 5) is 4.06. The molecule has 1 aromatic heterocycles. The van der Waals surface area contributed by atoms with Crippen molar-refractivity contribution in [3.8, 4) is 5.75 Å². The highest BCUT2D eigenvalue weighted by Crippen LogP contribution is 2.47. The summed E-state index contributed by atoms with van der Waals surface area (Å²) in [5.74, 6) is 1.14. The lowest BCUT2D eigenvalue weighted by Crippen LogP contribution is -1.95. The van der Waals surface area contributed by atoms with Gasteiger partial charge in [0.1, 0.15) is 11.6 Å². The molecule has 0 aliphatic heterocycles. The molecule has 0 N–H and O–H groups in total. The van der Waals surface area contributed by atoms with Gasteiger partial charge in [-0.15, -0.1) is 0 Å². The summed E-state index contributed by atoms with van der Waals surface area (Å²) in [6.07, 6.45) is 2.62. The molecule has 2 atom stereocenters. The zero-order valence-corrected chi connectivity index (χ0v) is 7.75. The van der Waals surface area contributed by atoms with E-state index in [9.17, 15) is 4.39 Å². The second-order valence-corrected chi connectivity index (χ2v) is 3.56. The summed E-state index contributed by atoms with van der Waals surface area (Å²) in [5.41, 5.74) is 0.591. The van der Waals surface area contributed by atoms with Gasteiger partial charge in [-0.2, -0.15) is 0 Å². The molecule has 0 aromatic carbocycles. The van der Waals surface area contributed by atoms with E-state index in [1.807, 2.05) is 0 Å². The van der Waals surface area contributed by atoms with Crippen LogP contribution in [0.1, 0.15) is 25.0 Å². The number of pyridine rings is 1. The van der Waals surface area contributed by atoms with E-state index < -0.39 is 0 Å². The summed E-state index contributed by atoms with van der Waals surface area (Å²) in [7, 11) is 1.51. The Bertz CT molecular complexity index is 327. The van der Waals surface area contributed by atoms with Crippen molar-refractivity contribution in [3.63, 3.8) is 0 Å². The average Bonchev–Trinajstić information content (AvgIpc) is 2.82. The zero-order chi connectivity index (χ0) is 9.42. The minimum atomic E-state index is -0.242. The molecule has 13 heavy (non-hydrogen) atoms. The molecule has 0 spiro atoms. The molecule has 70 valence electrons. The molecular weight excluding hydrogens is 169 g/mol. The van der Waals surface area contributed by atoms with Crippen molar-refractivity contribution >= 4 is 0 Å². The standard InChI is InChI=1S/C10H12FNO/c1-6-3-8(6)10-9(11)4-7(13-2)5-12-10/h4-6,8H,3H2,1-2H3. The number of rotatable bonds is 2. The van der Waals surface area contributed by atoms with Crippen LogP contribution in [0.25, 0.3) is 0 Å². The van der Waals surface area contributed by atoms with Gasteiger partial charge in [0.25, 0.3) is 0 Å². The Morgan fingerprint density at radius 1 is 1.62 bits per heavy atom. The second kappa shape index (κ2) is 2.98. The second-order valence-electron chi connectivity index (χ2n) is 3.56. The van der Waals surface area contributed by atoms with Gasteiger partial charge < -0.3 is 4.74 Å². The molecular formula is C10H12FNO. The lowest BCUT2D eigenvalue weighted by atomic mass is 10.2. The van der Waals surface area contributed by atoms with E-state index in [1.54, 1.807) is 6.20 Å². The van der Waals surface area contributed by atoms with E-state index >= 15 is 0 Å². The molecule has 1 heterocycles. The van der Waals surface area contributed by atoms with Crippen molar-refractivity contribution in [2.45, 2.75) is 19.3 Å². The lowest BCUT2D eigenvalue weighted by molar-refractivity contribution is 0.407. The minimum Gasteiger partial charge on any atom is -0.495 e. The van der Waals surface area contributed by atoms with Gasteiger partial charge in [0.05, 0.1) is 19.0 Å². The molecule has 2 nitrogen and oxygen atoms in total. The highest BCUT2D eigenvalue weighted by Gasteiger charge is 2.37. The van der Waals surface area contributed by atoms with Crippen LogP contribution in [0.5, 0.6) is 5.75 Å². The van der Waals surface area contributed by atoms with E-state index in [4.69, 9.17) is 4.74 Å². The number of hydrogen-bond donors (Lipinski definition) is 0. The van der Waals surface area contributed by atoms with Crippen LogP contribution in [-0.4, -0.2) is 12.1 Å². The van der Waals surface area contributed by atoms with Crippen molar-refractivity contribution in [1.82, 2.24) is 4.98 Å². The smallest absolute Gasteiger partial charge is 0.148 e. The molecule has 0 bridgehead atoms. The van der Waals surface area contributed by atoms with Crippen LogP contribution < -0.4 is 4.74 Å². The maximum atomic E-state index is 13.4. The normalized spacial score (nSPS) is 25.8. The van der Waals surface area contributed by atoms with Gasteiger partial charge in [0.15, 0.2) is 0 Å². The molecule has 0 amide bonds. The van der Waals surface area contributed by atoms with Crippen molar-refractivity contribution in [2.75, 3.05) is 7.11 Å². The maximum absolute atomic E-state index is 13.4. The summed E-state index contributed by atoms with van der Waals surface area (Å²) < 4.78 is 18.2. The third-order valence-electron chi connectivity index (χ3n) is 2.54. The number of methoxy groups -OCH3 is 1. The highest BCUT2D eigenvalue weighted by molar-refractivity contribution is 5.26. The van der Waals surface area contributed by atoms with Crippen LogP contribution in [0.15, 0.2) is 12.3 Å². The Morgan fingerprint density at radius 3 is 2.77 bits per heavy atom. The monoisotopic (exact) mass is 181 g/mol. The molecule has 1 aliphatic rings. The average molecular weight is 181 g/mol. The first-order valence-electron chi connectivity index (χ1n) is 4.42. The fraction of sp³-hybridized carbons (Fsp3) is 0.500. The Balaban J connectivity index is 2.27. The van der Waals surface area contributed by atoms with Crippen LogP contribution >= 0.6 is 0 Å². The summed E-state index contributed by atoms with van der Waals surface area (Å²) in [6, 6.07) is 1.40. The first kappa shape index (κ1) is 8.48. The molecule has 0 radical (unpaired) electrons. The Labute approximate surface area is 76.7 Å².